The van der Waals surface area contributed by atoms with Crippen LogP contribution in [0, 0.1) is 6.92 Å². The van der Waals surface area contributed by atoms with Crippen molar-refractivity contribution in [3.63, 3.8) is 0 Å². The van der Waals surface area contributed by atoms with Gasteiger partial charge in [-0.25, -0.2) is 9.78 Å². The predicted octanol–water partition coefficient (Wildman–Crippen LogP) is 4.36. The van der Waals surface area contributed by atoms with Gasteiger partial charge in [0.05, 0.1) is 22.6 Å². The third kappa shape index (κ3) is 4.08. The number of rotatable bonds is 4. The summed E-state index contributed by atoms with van der Waals surface area (Å²) in [6.07, 6.45) is -6.20. The third-order valence-corrected chi connectivity index (χ3v) is 4.95. The van der Waals surface area contributed by atoms with Gasteiger partial charge in [-0.1, -0.05) is 42.5 Å². The summed E-state index contributed by atoms with van der Waals surface area (Å²) in [6, 6.07) is 13.5. The number of para-hydroxylation sites is 2. The van der Waals surface area contributed by atoms with Gasteiger partial charge in [-0.2, -0.15) is 17.7 Å². The summed E-state index contributed by atoms with van der Waals surface area (Å²) in [5, 5.41) is 15.5. The second-order valence-corrected chi connectivity index (χ2v) is 7.19. The molecule has 2 aromatic carbocycles. The molecule has 0 saturated carbocycles. The number of halogens is 3. The highest BCUT2D eigenvalue weighted by atomic mass is 19.4. The van der Waals surface area contributed by atoms with Crippen LogP contribution in [0.1, 0.15) is 21.7 Å². The van der Waals surface area contributed by atoms with Gasteiger partial charge >= 0.3 is 12.3 Å². The second-order valence-electron chi connectivity index (χ2n) is 7.19. The second kappa shape index (κ2) is 8.39. The smallest absolute Gasteiger partial charge is 0.433 e. The van der Waals surface area contributed by atoms with Crippen molar-refractivity contribution in [3.05, 3.63) is 81.9 Å². The van der Waals surface area contributed by atoms with Crippen molar-refractivity contribution in [2.45, 2.75) is 13.1 Å². The lowest BCUT2D eigenvalue weighted by molar-refractivity contribution is -0.140. The van der Waals surface area contributed by atoms with Gasteiger partial charge in [-0.3, -0.25) is 20.0 Å². The highest BCUT2D eigenvalue weighted by Crippen LogP contribution is 2.38. The molecule has 0 fully saturated rings. The van der Waals surface area contributed by atoms with E-state index in [-0.39, 0.29) is 33.8 Å². The van der Waals surface area contributed by atoms with E-state index in [0.717, 1.165) is 0 Å². The van der Waals surface area contributed by atoms with Crippen molar-refractivity contribution >= 4 is 29.0 Å². The third-order valence-electron chi connectivity index (χ3n) is 4.95. The minimum Gasteiger partial charge on any atom is -0.465 e. The number of nitrogens with zero attached hydrogens (tertiary/aromatic N) is 2. The Morgan fingerprint density at radius 3 is 2.18 bits per heavy atom. The SMILES string of the molecule is Cc1nc2c(-c3ccccc3)c(C(F)(F)F)[nH]n2c(=O)c1C(=O)Nc1ccccc1NC(=O)O. The van der Waals surface area contributed by atoms with Crippen molar-refractivity contribution in [3.8, 4) is 11.1 Å². The van der Waals surface area contributed by atoms with E-state index in [2.05, 4.69) is 15.6 Å². The lowest BCUT2D eigenvalue weighted by Crippen LogP contribution is -2.29. The Balaban J connectivity index is 1.86. The summed E-state index contributed by atoms with van der Waals surface area (Å²) in [6.45, 7) is 1.33. The molecule has 0 radical (unpaired) electrons. The first-order chi connectivity index (χ1) is 16.1. The van der Waals surface area contributed by atoms with Crippen LogP contribution in [0.3, 0.4) is 0 Å². The number of H-pyrrole nitrogens is 1. The zero-order chi connectivity index (χ0) is 24.6. The Labute approximate surface area is 188 Å². The molecule has 0 bridgehead atoms. The molecule has 2 amide bonds. The number of aromatic nitrogens is 3. The van der Waals surface area contributed by atoms with Gasteiger partial charge in [0.15, 0.2) is 5.65 Å². The van der Waals surface area contributed by atoms with Gasteiger partial charge in [0.2, 0.25) is 0 Å². The van der Waals surface area contributed by atoms with E-state index < -0.39 is 35.0 Å². The van der Waals surface area contributed by atoms with E-state index in [1.54, 1.807) is 18.2 Å². The summed E-state index contributed by atoms with van der Waals surface area (Å²) in [7, 11) is 0. The van der Waals surface area contributed by atoms with Crippen molar-refractivity contribution in [2.24, 2.45) is 0 Å². The van der Waals surface area contributed by atoms with E-state index in [4.69, 9.17) is 5.11 Å². The Morgan fingerprint density at radius 2 is 1.59 bits per heavy atom. The number of fused-ring (bicyclic) bond motifs is 1. The van der Waals surface area contributed by atoms with Crippen molar-refractivity contribution in [1.82, 2.24) is 14.6 Å². The highest BCUT2D eigenvalue weighted by Gasteiger charge is 2.38. The number of anilines is 2. The van der Waals surface area contributed by atoms with E-state index in [1.165, 1.54) is 43.3 Å². The maximum atomic E-state index is 13.8. The highest BCUT2D eigenvalue weighted by molar-refractivity contribution is 6.07. The normalized spacial score (nSPS) is 11.4. The molecule has 0 aliphatic heterocycles. The molecule has 0 aliphatic rings. The van der Waals surface area contributed by atoms with Crippen LogP contribution in [-0.2, 0) is 6.18 Å². The zero-order valence-electron chi connectivity index (χ0n) is 17.4. The molecular weight excluding hydrogens is 455 g/mol. The molecule has 12 heteroatoms. The number of alkyl halides is 3. The minimum absolute atomic E-state index is 0.0423. The topological polar surface area (TPSA) is 129 Å². The first kappa shape index (κ1) is 22.6. The van der Waals surface area contributed by atoms with Gasteiger partial charge in [0, 0.05) is 0 Å². The van der Waals surface area contributed by atoms with E-state index in [1.807, 2.05) is 5.10 Å². The molecule has 0 spiro atoms. The van der Waals surface area contributed by atoms with Crippen LogP contribution in [-0.4, -0.2) is 31.7 Å². The van der Waals surface area contributed by atoms with Crippen LogP contribution in [0.5, 0.6) is 0 Å². The summed E-state index contributed by atoms with van der Waals surface area (Å²) >= 11 is 0. The molecule has 2 heterocycles. The van der Waals surface area contributed by atoms with Gasteiger partial charge in [0.25, 0.3) is 11.5 Å². The summed E-state index contributed by atoms with van der Waals surface area (Å²) in [5.74, 6) is -0.964. The van der Waals surface area contributed by atoms with E-state index in [9.17, 15) is 27.6 Å². The number of benzene rings is 2. The first-order valence-electron chi connectivity index (χ1n) is 9.76. The van der Waals surface area contributed by atoms with Crippen molar-refractivity contribution < 1.29 is 27.9 Å². The molecule has 0 aliphatic carbocycles. The van der Waals surface area contributed by atoms with Crippen LogP contribution >= 0.6 is 0 Å². The fraction of sp³-hybridized carbons (Fsp3) is 0.0909. The fourth-order valence-electron chi connectivity index (χ4n) is 3.52. The Kier molecular flexibility index (Phi) is 5.57. The number of carbonyl (C=O) groups is 2. The Morgan fingerprint density at radius 1 is 1.00 bits per heavy atom. The molecule has 34 heavy (non-hydrogen) atoms. The predicted molar refractivity (Wildman–Crippen MR) is 117 cm³/mol. The number of aryl methyl sites for hydroxylation is 1. The molecule has 0 saturated heterocycles. The number of amides is 2. The molecule has 0 atom stereocenters. The molecule has 0 unspecified atom stereocenters. The number of carboxylic acid groups (broad SMARTS) is 1. The lowest BCUT2D eigenvalue weighted by Gasteiger charge is -2.11. The van der Waals surface area contributed by atoms with Crippen molar-refractivity contribution in [2.75, 3.05) is 10.6 Å². The number of nitrogens with one attached hydrogen (secondary N) is 3. The summed E-state index contributed by atoms with van der Waals surface area (Å²) in [5.41, 5.74) is -3.17. The number of hydrogen-bond donors (Lipinski definition) is 4. The minimum atomic E-state index is -4.83. The number of carbonyl (C=O) groups excluding carboxylic acids is 1. The van der Waals surface area contributed by atoms with Crippen LogP contribution < -0.4 is 16.2 Å². The maximum Gasteiger partial charge on any atom is 0.433 e. The number of aromatic amines is 1. The zero-order valence-corrected chi connectivity index (χ0v) is 17.4. The molecule has 2 aromatic heterocycles. The Hall–Kier alpha value is -4.61. The summed E-state index contributed by atoms with van der Waals surface area (Å²) in [4.78, 5) is 41.2. The average molecular weight is 471 g/mol. The van der Waals surface area contributed by atoms with Gasteiger partial charge in [-0.15, -0.1) is 0 Å². The van der Waals surface area contributed by atoms with E-state index in [0.29, 0.717) is 4.52 Å². The van der Waals surface area contributed by atoms with Gasteiger partial charge in [0.1, 0.15) is 11.3 Å². The van der Waals surface area contributed by atoms with Crippen LogP contribution in [0.4, 0.5) is 29.3 Å². The molecule has 4 aromatic rings. The van der Waals surface area contributed by atoms with Gasteiger partial charge in [-0.05, 0) is 24.6 Å². The standard InChI is InChI=1S/C22H16F3N5O4/c1-11-15(19(31)27-13-9-5-6-10-14(13)28-21(33)34)20(32)30-18(26-11)16(12-7-3-2-4-8-12)17(29-30)22(23,24)25/h2-10,28-29H,1H3,(H,27,31)(H,33,34). The molecule has 4 N–H and O–H groups in total. The number of hydrogen-bond acceptors (Lipinski definition) is 4. The Bertz CT molecular complexity index is 1480. The van der Waals surface area contributed by atoms with Gasteiger partial charge < -0.3 is 10.4 Å². The van der Waals surface area contributed by atoms with E-state index >= 15 is 0 Å². The molecular formula is C22H16F3N5O4. The van der Waals surface area contributed by atoms with Crippen LogP contribution in [0.2, 0.25) is 0 Å². The van der Waals surface area contributed by atoms with Crippen LogP contribution in [0.15, 0.2) is 59.4 Å². The molecule has 9 nitrogen and oxygen atoms in total. The molecule has 174 valence electrons. The first-order valence-corrected chi connectivity index (χ1v) is 9.76. The fourth-order valence-corrected chi connectivity index (χ4v) is 3.52. The maximum absolute atomic E-state index is 13.8. The molecule has 4 rings (SSSR count). The van der Waals surface area contributed by atoms with Crippen LogP contribution in [0.25, 0.3) is 16.8 Å². The lowest BCUT2D eigenvalue weighted by atomic mass is 10.1. The van der Waals surface area contributed by atoms with Crippen molar-refractivity contribution in [1.29, 1.82) is 0 Å². The average Bonchev–Trinajstić information content (AvgIpc) is 3.15. The quantitative estimate of drug-likeness (QED) is 0.352. The summed E-state index contributed by atoms with van der Waals surface area (Å²) < 4.78 is 42.0. The largest absolute Gasteiger partial charge is 0.465 e. The monoisotopic (exact) mass is 471 g/mol.